The summed E-state index contributed by atoms with van der Waals surface area (Å²) in [5.74, 6) is -3.89. The predicted molar refractivity (Wildman–Crippen MR) is 137 cm³/mol. The number of carbonyl (C=O) groups excluding carboxylic acids is 2. The maximum absolute atomic E-state index is 15.0. The van der Waals surface area contributed by atoms with Crippen LogP contribution < -0.4 is 15.9 Å². The van der Waals surface area contributed by atoms with Gasteiger partial charge in [0.15, 0.2) is 0 Å². The number of imidazole rings is 1. The molecular weight excluding hydrogens is 499 g/mol. The standard InChI is InChI=1S/C27H30F3N5O3/c1-32(19-7-6-17(20(28)14-19)16-34-12-10-27(29,30)11-13-34)15-18-4-3-5-21-24(18)33(2)26(38)35(21)22-8-9-23(36)31-25(22)37/h3-7,14,22H,8-13,15-16H2,1-2H3,(H,31,36,37). The minimum atomic E-state index is -2.64. The van der Waals surface area contributed by atoms with Gasteiger partial charge in [0.05, 0.1) is 11.0 Å². The van der Waals surface area contributed by atoms with Crippen LogP contribution in [-0.4, -0.2) is 51.9 Å². The minimum Gasteiger partial charge on any atom is -0.370 e. The first-order valence-electron chi connectivity index (χ1n) is 12.7. The third-order valence-corrected chi connectivity index (χ3v) is 7.57. The van der Waals surface area contributed by atoms with Crippen molar-refractivity contribution in [1.82, 2.24) is 19.4 Å². The van der Waals surface area contributed by atoms with E-state index in [2.05, 4.69) is 5.32 Å². The number of carbonyl (C=O) groups is 2. The van der Waals surface area contributed by atoms with E-state index in [0.29, 0.717) is 28.8 Å². The lowest BCUT2D eigenvalue weighted by Crippen LogP contribution is -2.44. The van der Waals surface area contributed by atoms with E-state index in [1.54, 1.807) is 31.3 Å². The smallest absolute Gasteiger partial charge is 0.329 e. The summed E-state index contributed by atoms with van der Waals surface area (Å²) in [6, 6.07) is 9.60. The summed E-state index contributed by atoms with van der Waals surface area (Å²) in [7, 11) is 3.46. The van der Waals surface area contributed by atoms with Gasteiger partial charge in [0.2, 0.25) is 11.8 Å². The Hall–Kier alpha value is -3.60. The van der Waals surface area contributed by atoms with Crippen molar-refractivity contribution in [3.05, 3.63) is 63.8 Å². The average Bonchev–Trinajstić information content (AvgIpc) is 3.12. The fourth-order valence-electron chi connectivity index (χ4n) is 5.40. The first-order valence-corrected chi connectivity index (χ1v) is 12.7. The molecule has 0 saturated carbocycles. The molecule has 1 N–H and O–H groups in total. The van der Waals surface area contributed by atoms with Crippen LogP contribution >= 0.6 is 0 Å². The number of imide groups is 1. The lowest BCUT2D eigenvalue weighted by Gasteiger charge is -2.31. The van der Waals surface area contributed by atoms with E-state index in [-0.39, 0.29) is 56.9 Å². The number of piperidine rings is 2. The number of anilines is 1. The van der Waals surface area contributed by atoms with Crippen molar-refractivity contribution in [1.29, 1.82) is 0 Å². The number of nitrogens with one attached hydrogen (secondary N) is 1. The largest absolute Gasteiger partial charge is 0.370 e. The SMILES string of the molecule is CN(Cc1cccc2c1n(C)c(=O)n2C1CCC(=O)NC1=O)c1ccc(CN2CCC(F)(F)CC2)c(F)c1. The Morgan fingerprint density at radius 1 is 1.08 bits per heavy atom. The summed E-state index contributed by atoms with van der Waals surface area (Å²) in [5.41, 5.74) is 2.80. The molecule has 1 atom stereocenters. The minimum absolute atomic E-state index is 0.160. The Morgan fingerprint density at radius 3 is 2.50 bits per heavy atom. The van der Waals surface area contributed by atoms with Crippen LogP contribution in [0.1, 0.15) is 42.9 Å². The summed E-state index contributed by atoms with van der Waals surface area (Å²) in [6.07, 6.45) is -0.0176. The zero-order chi connectivity index (χ0) is 27.2. The number of nitrogens with zero attached hydrogens (tertiary/aromatic N) is 4. The number of aromatic nitrogens is 2. The van der Waals surface area contributed by atoms with Crippen LogP contribution in [0.2, 0.25) is 0 Å². The number of hydrogen-bond acceptors (Lipinski definition) is 5. The summed E-state index contributed by atoms with van der Waals surface area (Å²) < 4.78 is 44.8. The second-order valence-electron chi connectivity index (χ2n) is 10.2. The third kappa shape index (κ3) is 4.94. The highest BCUT2D eigenvalue weighted by molar-refractivity contribution is 6.00. The Bertz CT molecular complexity index is 1450. The molecule has 5 rings (SSSR count). The monoisotopic (exact) mass is 529 g/mol. The molecule has 2 amide bonds. The molecule has 0 aliphatic carbocycles. The Morgan fingerprint density at radius 2 is 1.82 bits per heavy atom. The molecule has 0 spiro atoms. The number of fused-ring (bicyclic) bond motifs is 1. The van der Waals surface area contributed by atoms with Crippen molar-refractivity contribution in [2.45, 2.75) is 50.7 Å². The molecule has 202 valence electrons. The van der Waals surface area contributed by atoms with E-state index < -0.39 is 23.7 Å². The third-order valence-electron chi connectivity index (χ3n) is 7.57. The fraction of sp³-hybridized carbons (Fsp3) is 0.444. The van der Waals surface area contributed by atoms with Gasteiger partial charge in [-0.15, -0.1) is 0 Å². The molecule has 1 aromatic heterocycles. The van der Waals surface area contributed by atoms with E-state index in [4.69, 9.17) is 0 Å². The molecule has 38 heavy (non-hydrogen) atoms. The highest BCUT2D eigenvalue weighted by Gasteiger charge is 2.34. The van der Waals surface area contributed by atoms with Crippen LogP contribution in [0.25, 0.3) is 11.0 Å². The molecule has 2 aromatic carbocycles. The number of para-hydroxylation sites is 1. The maximum atomic E-state index is 15.0. The first kappa shape index (κ1) is 26.0. The van der Waals surface area contributed by atoms with Crippen molar-refractivity contribution in [2.75, 3.05) is 25.0 Å². The molecule has 3 heterocycles. The first-order chi connectivity index (χ1) is 18.0. The predicted octanol–water partition coefficient (Wildman–Crippen LogP) is 3.32. The topological polar surface area (TPSA) is 79.6 Å². The van der Waals surface area contributed by atoms with Gasteiger partial charge in [0, 0.05) is 70.8 Å². The van der Waals surface area contributed by atoms with Crippen LogP contribution in [0.4, 0.5) is 18.9 Å². The van der Waals surface area contributed by atoms with E-state index >= 15 is 0 Å². The zero-order valence-corrected chi connectivity index (χ0v) is 21.3. The van der Waals surface area contributed by atoms with Gasteiger partial charge in [-0.1, -0.05) is 18.2 Å². The van der Waals surface area contributed by atoms with Crippen LogP contribution in [0.3, 0.4) is 0 Å². The second kappa shape index (κ2) is 9.94. The number of likely N-dealkylation sites (tertiary alicyclic amines) is 1. The molecule has 11 heteroatoms. The van der Waals surface area contributed by atoms with Gasteiger partial charge in [-0.05, 0) is 30.2 Å². The molecule has 3 aromatic rings. The number of rotatable bonds is 6. The molecule has 2 saturated heterocycles. The van der Waals surface area contributed by atoms with E-state index in [1.807, 2.05) is 22.9 Å². The van der Waals surface area contributed by atoms with Crippen LogP contribution in [0.5, 0.6) is 0 Å². The number of benzene rings is 2. The fourth-order valence-corrected chi connectivity index (χ4v) is 5.40. The molecular formula is C27H30F3N5O3. The number of halogens is 3. The van der Waals surface area contributed by atoms with Crippen molar-refractivity contribution >= 4 is 28.5 Å². The van der Waals surface area contributed by atoms with Crippen molar-refractivity contribution in [3.63, 3.8) is 0 Å². The molecule has 8 nitrogen and oxygen atoms in total. The maximum Gasteiger partial charge on any atom is 0.329 e. The Kier molecular flexibility index (Phi) is 6.81. The van der Waals surface area contributed by atoms with E-state index in [9.17, 15) is 27.6 Å². The van der Waals surface area contributed by atoms with E-state index in [1.165, 1.54) is 15.2 Å². The molecule has 2 aliphatic rings. The molecule has 2 aliphatic heterocycles. The van der Waals surface area contributed by atoms with Crippen LogP contribution in [0.15, 0.2) is 41.2 Å². The second-order valence-corrected chi connectivity index (χ2v) is 10.2. The lowest BCUT2D eigenvalue weighted by molar-refractivity contribution is -0.135. The van der Waals surface area contributed by atoms with Crippen molar-refractivity contribution in [3.8, 4) is 0 Å². The number of alkyl halides is 2. The van der Waals surface area contributed by atoms with Gasteiger partial charge in [-0.2, -0.15) is 0 Å². The van der Waals surface area contributed by atoms with Gasteiger partial charge in [-0.3, -0.25) is 28.9 Å². The summed E-state index contributed by atoms with van der Waals surface area (Å²) in [5, 5.41) is 2.31. The quantitative estimate of drug-likeness (QED) is 0.496. The number of amides is 2. The number of hydrogen-bond donors (Lipinski definition) is 1. The average molecular weight is 530 g/mol. The molecule has 0 bridgehead atoms. The van der Waals surface area contributed by atoms with E-state index in [0.717, 1.165) is 5.56 Å². The van der Waals surface area contributed by atoms with Gasteiger partial charge in [0.1, 0.15) is 11.9 Å². The van der Waals surface area contributed by atoms with Crippen LogP contribution in [-0.2, 0) is 29.7 Å². The summed E-state index contributed by atoms with van der Waals surface area (Å²) in [4.78, 5) is 40.9. The van der Waals surface area contributed by atoms with Gasteiger partial charge in [-0.25, -0.2) is 18.0 Å². The number of aryl methyl sites for hydroxylation is 1. The van der Waals surface area contributed by atoms with Gasteiger partial charge < -0.3 is 4.90 Å². The molecule has 0 radical (unpaired) electrons. The highest BCUT2D eigenvalue weighted by atomic mass is 19.3. The van der Waals surface area contributed by atoms with Crippen molar-refractivity contribution in [2.24, 2.45) is 7.05 Å². The van der Waals surface area contributed by atoms with Crippen LogP contribution in [0, 0.1) is 5.82 Å². The normalized spacial score (nSPS) is 20.1. The zero-order valence-electron chi connectivity index (χ0n) is 21.3. The Balaban J connectivity index is 1.37. The molecule has 1 unspecified atom stereocenters. The van der Waals surface area contributed by atoms with Gasteiger partial charge >= 0.3 is 5.69 Å². The molecule has 2 fully saturated rings. The van der Waals surface area contributed by atoms with Crippen molar-refractivity contribution < 1.29 is 22.8 Å². The Labute approximate surface area is 217 Å². The van der Waals surface area contributed by atoms with Gasteiger partial charge in [0.25, 0.3) is 5.92 Å². The lowest BCUT2D eigenvalue weighted by atomic mass is 10.1. The highest BCUT2D eigenvalue weighted by Crippen LogP contribution is 2.30. The summed E-state index contributed by atoms with van der Waals surface area (Å²) >= 11 is 0. The summed E-state index contributed by atoms with van der Waals surface area (Å²) in [6.45, 7) is 1.11.